The predicted molar refractivity (Wildman–Crippen MR) is 61.7 cm³/mol. The number of hydrogen-bond donors (Lipinski definition) is 0. The van der Waals surface area contributed by atoms with Gasteiger partial charge in [0.05, 0.1) is 5.52 Å². The summed E-state index contributed by atoms with van der Waals surface area (Å²) in [6.07, 6.45) is 0. The summed E-state index contributed by atoms with van der Waals surface area (Å²) in [6.45, 7) is 1.95. The lowest BCUT2D eigenvalue weighted by Crippen LogP contribution is -1.92. The van der Waals surface area contributed by atoms with Gasteiger partial charge in [-0.1, -0.05) is 11.6 Å². The fraction of sp³-hybridized carbons (Fsp3) is 0.100. The van der Waals surface area contributed by atoms with Crippen LogP contribution in [0.5, 0.6) is 0 Å². The predicted octanol–water partition coefficient (Wildman–Crippen LogP) is 3.23. The van der Waals surface area contributed by atoms with Gasteiger partial charge in [-0.3, -0.25) is 0 Å². The first-order valence-electron chi connectivity index (χ1n) is 4.15. The molecule has 0 saturated carbocycles. The Bertz CT molecular complexity index is 589. The lowest BCUT2D eigenvalue weighted by Gasteiger charge is -2.02. The first kappa shape index (κ1) is 10.3. The molecule has 0 spiro atoms. The Morgan fingerprint density at radius 2 is 2.13 bits per heavy atom. The minimum absolute atomic E-state index is 0.134. The monoisotopic (exact) mass is 281 g/mol. The molecule has 0 N–H and O–H groups in total. The van der Waals surface area contributed by atoms with Gasteiger partial charge in [0, 0.05) is 4.47 Å². The third-order valence-corrected chi connectivity index (χ3v) is 2.80. The number of rotatable bonds is 0. The second-order valence-electron chi connectivity index (χ2n) is 3.09. The van der Waals surface area contributed by atoms with Gasteiger partial charge in [-0.15, -0.1) is 0 Å². The maximum absolute atomic E-state index is 8.77. The Morgan fingerprint density at radius 1 is 1.40 bits per heavy atom. The quantitative estimate of drug-likeness (QED) is 0.745. The molecule has 0 aliphatic carbocycles. The number of hydrogen-bond acceptors (Lipinski definition) is 3. The molecule has 15 heavy (non-hydrogen) atoms. The molecule has 0 amide bonds. The smallest absolute Gasteiger partial charge is 0.178 e. The zero-order valence-corrected chi connectivity index (χ0v) is 10.1. The molecule has 3 nitrogen and oxygen atoms in total. The summed E-state index contributed by atoms with van der Waals surface area (Å²) in [5.74, 6) is 0. The van der Waals surface area contributed by atoms with Gasteiger partial charge >= 0.3 is 0 Å². The molecule has 0 saturated heterocycles. The van der Waals surface area contributed by atoms with Crippen molar-refractivity contribution in [2.45, 2.75) is 6.92 Å². The fourth-order valence-electron chi connectivity index (χ4n) is 1.30. The first-order chi connectivity index (χ1) is 7.11. The summed E-state index contributed by atoms with van der Waals surface area (Å²) in [5, 5.41) is 8.90. The van der Waals surface area contributed by atoms with Gasteiger partial charge in [0.15, 0.2) is 10.8 Å². The molecule has 0 radical (unpaired) electrons. The lowest BCUT2D eigenvalue weighted by molar-refractivity contribution is 1.23. The van der Waals surface area contributed by atoms with Crippen molar-refractivity contribution < 1.29 is 0 Å². The molecular weight excluding hydrogens is 277 g/mol. The highest BCUT2D eigenvalue weighted by atomic mass is 79.9. The summed E-state index contributed by atoms with van der Waals surface area (Å²) in [6, 6.07) is 5.70. The highest BCUT2D eigenvalue weighted by Crippen LogP contribution is 2.25. The van der Waals surface area contributed by atoms with Crippen LogP contribution in [-0.4, -0.2) is 9.97 Å². The third kappa shape index (κ3) is 1.81. The van der Waals surface area contributed by atoms with Gasteiger partial charge in [0.25, 0.3) is 0 Å². The molecule has 0 fully saturated rings. The van der Waals surface area contributed by atoms with Crippen molar-refractivity contribution in [3.8, 4) is 6.07 Å². The normalized spacial score (nSPS) is 10.3. The van der Waals surface area contributed by atoms with Crippen molar-refractivity contribution in [3.63, 3.8) is 0 Å². The van der Waals surface area contributed by atoms with E-state index in [1.807, 2.05) is 25.1 Å². The van der Waals surface area contributed by atoms with E-state index in [0.717, 1.165) is 10.0 Å². The van der Waals surface area contributed by atoms with Crippen LogP contribution in [0.4, 0.5) is 0 Å². The Labute approximate surface area is 99.8 Å². The molecule has 5 heteroatoms. The maximum Gasteiger partial charge on any atom is 0.178 e. The van der Waals surface area contributed by atoms with Crippen LogP contribution >= 0.6 is 27.5 Å². The number of benzene rings is 1. The number of nitriles is 1. The minimum atomic E-state index is 0.134. The molecule has 1 aromatic carbocycles. The molecular formula is C10H5BrClN3. The Balaban J connectivity index is 2.89. The average Bonchev–Trinajstić information content (AvgIpc) is 2.18. The van der Waals surface area contributed by atoms with E-state index in [4.69, 9.17) is 16.9 Å². The van der Waals surface area contributed by atoms with Crippen LogP contribution in [0.2, 0.25) is 5.15 Å². The van der Waals surface area contributed by atoms with Gasteiger partial charge in [0.1, 0.15) is 11.6 Å². The Hall–Kier alpha value is -1.18. The summed E-state index contributed by atoms with van der Waals surface area (Å²) in [5.41, 5.74) is 2.55. The van der Waals surface area contributed by atoms with E-state index < -0.39 is 0 Å². The number of aromatic nitrogens is 2. The Morgan fingerprint density at radius 3 is 2.80 bits per heavy atom. The molecule has 0 bridgehead atoms. The SMILES string of the molecule is Cc1cc(Br)c2nc(Cl)c(C#N)nc2c1. The van der Waals surface area contributed by atoms with Crippen molar-refractivity contribution >= 4 is 38.6 Å². The van der Waals surface area contributed by atoms with Crippen LogP contribution in [0.25, 0.3) is 11.0 Å². The lowest BCUT2D eigenvalue weighted by atomic mass is 10.2. The van der Waals surface area contributed by atoms with E-state index in [1.165, 1.54) is 0 Å². The highest BCUT2D eigenvalue weighted by molar-refractivity contribution is 9.10. The Kier molecular flexibility index (Phi) is 2.59. The first-order valence-corrected chi connectivity index (χ1v) is 5.32. The number of nitrogens with zero attached hydrogens (tertiary/aromatic N) is 3. The van der Waals surface area contributed by atoms with E-state index in [9.17, 15) is 0 Å². The summed E-state index contributed by atoms with van der Waals surface area (Å²) in [7, 11) is 0. The summed E-state index contributed by atoms with van der Waals surface area (Å²) >= 11 is 9.18. The average molecular weight is 283 g/mol. The van der Waals surface area contributed by atoms with E-state index in [1.54, 1.807) is 0 Å². The van der Waals surface area contributed by atoms with Crippen LogP contribution < -0.4 is 0 Å². The molecule has 0 aliphatic heterocycles. The van der Waals surface area contributed by atoms with Crippen molar-refractivity contribution in [2.24, 2.45) is 0 Å². The topological polar surface area (TPSA) is 49.6 Å². The van der Waals surface area contributed by atoms with Gasteiger partial charge in [-0.05, 0) is 40.5 Å². The van der Waals surface area contributed by atoms with Crippen LogP contribution in [0.1, 0.15) is 11.3 Å². The molecule has 0 atom stereocenters. The van der Waals surface area contributed by atoms with Crippen molar-refractivity contribution in [1.82, 2.24) is 9.97 Å². The highest BCUT2D eigenvalue weighted by Gasteiger charge is 2.08. The van der Waals surface area contributed by atoms with Crippen LogP contribution in [-0.2, 0) is 0 Å². The minimum Gasteiger partial charge on any atom is -0.232 e. The van der Waals surface area contributed by atoms with Gasteiger partial charge < -0.3 is 0 Å². The van der Waals surface area contributed by atoms with E-state index in [-0.39, 0.29) is 10.8 Å². The molecule has 1 heterocycles. The van der Waals surface area contributed by atoms with Crippen molar-refractivity contribution in [3.05, 3.63) is 33.0 Å². The zero-order valence-electron chi connectivity index (χ0n) is 7.75. The molecule has 1 aromatic heterocycles. The molecule has 74 valence electrons. The van der Waals surface area contributed by atoms with Crippen LogP contribution in [0, 0.1) is 18.3 Å². The largest absolute Gasteiger partial charge is 0.232 e. The third-order valence-electron chi connectivity index (χ3n) is 1.93. The summed E-state index contributed by atoms with van der Waals surface area (Å²) < 4.78 is 0.830. The second-order valence-corrected chi connectivity index (χ2v) is 4.30. The number of halogens is 2. The molecule has 2 rings (SSSR count). The standard InChI is InChI=1S/C10H5BrClN3/c1-5-2-6(11)9-7(3-5)14-8(4-13)10(12)15-9/h2-3H,1H3. The number of fused-ring (bicyclic) bond motifs is 1. The van der Waals surface area contributed by atoms with Crippen LogP contribution in [0.3, 0.4) is 0 Å². The van der Waals surface area contributed by atoms with Crippen LogP contribution in [0.15, 0.2) is 16.6 Å². The van der Waals surface area contributed by atoms with E-state index in [2.05, 4.69) is 25.9 Å². The molecule has 0 aliphatic rings. The zero-order chi connectivity index (χ0) is 11.0. The van der Waals surface area contributed by atoms with E-state index in [0.29, 0.717) is 11.0 Å². The maximum atomic E-state index is 8.77. The fourth-order valence-corrected chi connectivity index (χ4v) is 2.12. The van der Waals surface area contributed by atoms with Crippen molar-refractivity contribution in [1.29, 1.82) is 5.26 Å². The molecule has 2 aromatic rings. The van der Waals surface area contributed by atoms with E-state index >= 15 is 0 Å². The number of aryl methyl sites for hydroxylation is 1. The summed E-state index contributed by atoms with van der Waals surface area (Å²) in [4.78, 5) is 8.25. The van der Waals surface area contributed by atoms with Gasteiger partial charge in [0.2, 0.25) is 0 Å². The molecule has 0 unspecified atom stereocenters. The van der Waals surface area contributed by atoms with Gasteiger partial charge in [-0.25, -0.2) is 9.97 Å². The van der Waals surface area contributed by atoms with Crippen molar-refractivity contribution in [2.75, 3.05) is 0 Å². The van der Waals surface area contributed by atoms with Gasteiger partial charge in [-0.2, -0.15) is 5.26 Å². The second kappa shape index (κ2) is 3.76.